The minimum absolute atomic E-state index is 0.00840. The Morgan fingerprint density at radius 1 is 1.18 bits per heavy atom. The molecule has 0 aliphatic rings. The van der Waals surface area contributed by atoms with Gasteiger partial charge >= 0.3 is 0 Å². The van der Waals surface area contributed by atoms with Crippen LogP contribution in [-0.2, 0) is 16.3 Å². The zero-order valence-corrected chi connectivity index (χ0v) is 10.5. The molecule has 7 heteroatoms. The highest BCUT2D eigenvalue weighted by Gasteiger charge is 2.19. The molecule has 2 aromatic rings. The number of nitrogens with two attached hydrogens (primary N) is 1. The topological polar surface area (TPSA) is 85.9 Å². The molecule has 0 aliphatic carbocycles. The van der Waals surface area contributed by atoms with Gasteiger partial charge in [0.2, 0.25) is 19.3 Å². The standard InChI is InChI=1S/C10H11N3O2S2/c11-9-12-13-10(16-9)17(14,15)7-6-8-4-2-1-3-5-8/h1-5H,6-7H2,(H2,11,12). The van der Waals surface area contributed by atoms with Crippen molar-refractivity contribution in [3.05, 3.63) is 35.9 Å². The number of nitrogens with zero attached hydrogens (tertiary/aromatic N) is 2. The molecule has 0 spiro atoms. The molecule has 0 saturated heterocycles. The van der Waals surface area contributed by atoms with E-state index in [1.54, 1.807) is 0 Å². The van der Waals surface area contributed by atoms with E-state index in [1.165, 1.54) is 0 Å². The van der Waals surface area contributed by atoms with Crippen molar-refractivity contribution in [3.8, 4) is 0 Å². The number of hydrogen-bond acceptors (Lipinski definition) is 6. The predicted octanol–water partition coefficient (Wildman–Crippen LogP) is 1.14. The maximum Gasteiger partial charge on any atom is 0.234 e. The van der Waals surface area contributed by atoms with Gasteiger partial charge in [-0.2, -0.15) is 0 Å². The van der Waals surface area contributed by atoms with Gasteiger partial charge in [0, 0.05) is 0 Å². The molecule has 1 aromatic heterocycles. The molecule has 2 N–H and O–H groups in total. The molecule has 0 radical (unpaired) electrons. The summed E-state index contributed by atoms with van der Waals surface area (Å²) in [7, 11) is -3.37. The maximum absolute atomic E-state index is 11.9. The van der Waals surface area contributed by atoms with Crippen molar-refractivity contribution >= 4 is 26.3 Å². The van der Waals surface area contributed by atoms with Gasteiger partial charge in [-0.15, -0.1) is 10.2 Å². The van der Waals surface area contributed by atoms with Crippen molar-refractivity contribution in [1.82, 2.24) is 10.2 Å². The Kier molecular flexibility index (Phi) is 3.39. The van der Waals surface area contributed by atoms with E-state index in [1.807, 2.05) is 30.3 Å². The number of aromatic nitrogens is 2. The van der Waals surface area contributed by atoms with Crippen molar-refractivity contribution in [2.24, 2.45) is 0 Å². The van der Waals surface area contributed by atoms with Gasteiger partial charge in [0.05, 0.1) is 5.75 Å². The molecule has 2 rings (SSSR count). The van der Waals surface area contributed by atoms with E-state index >= 15 is 0 Å². The van der Waals surface area contributed by atoms with Gasteiger partial charge in [0.1, 0.15) is 0 Å². The minimum atomic E-state index is -3.37. The zero-order valence-electron chi connectivity index (χ0n) is 8.91. The first-order valence-electron chi connectivity index (χ1n) is 4.93. The molecular weight excluding hydrogens is 258 g/mol. The lowest BCUT2D eigenvalue weighted by molar-refractivity contribution is 0.593. The first-order chi connectivity index (χ1) is 8.08. The summed E-state index contributed by atoms with van der Waals surface area (Å²) in [6, 6.07) is 9.44. The fourth-order valence-corrected chi connectivity index (χ4v) is 3.53. The van der Waals surface area contributed by atoms with Gasteiger partial charge in [0.25, 0.3) is 0 Å². The van der Waals surface area contributed by atoms with Crippen LogP contribution in [0, 0.1) is 0 Å². The predicted molar refractivity (Wildman–Crippen MR) is 66.5 cm³/mol. The molecule has 1 heterocycles. The molecule has 0 aliphatic heterocycles. The number of nitrogen functional groups attached to an aromatic ring is 1. The fraction of sp³-hybridized carbons (Fsp3) is 0.200. The lowest BCUT2D eigenvalue weighted by Gasteiger charge is -2.00. The molecule has 0 bridgehead atoms. The second kappa shape index (κ2) is 4.80. The quantitative estimate of drug-likeness (QED) is 0.899. The van der Waals surface area contributed by atoms with E-state index in [0.717, 1.165) is 16.9 Å². The second-order valence-corrected chi connectivity index (χ2v) is 6.75. The lowest BCUT2D eigenvalue weighted by Crippen LogP contribution is -2.09. The van der Waals surface area contributed by atoms with Crippen LogP contribution < -0.4 is 5.73 Å². The number of rotatable bonds is 4. The van der Waals surface area contributed by atoms with Crippen LogP contribution in [-0.4, -0.2) is 24.4 Å². The van der Waals surface area contributed by atoms with Crippen molar-refractivity contribution in [2.75, 3.05) is 11.5 Å². The maximum atomic E-state index is 11.9. The molecule has 17 heavy (non-hydrogen) atoms. The van der Waals surface area contributed by atoms with E-state index in [4.69, 9.17) is 5.73 Å². The average Bonchev–Trinajstić information content (AvgIpc) is 2.76. The van der Waals surface area contributed by atoms with Crippen LogP contribution in [0.25, 0.3) is 0 Å². The molecule has 90 valence electrons. The van der Waals surface area contributed by atoms with E-state index in [9.17, 15) is 8.42 Å². The summed E-state index contributed by atoms with van der Waals surface area (Å²) in [6.45, 7) is 0. The minimum Gasteiger partial charge on any atom is -0.374 e. The van der Waals surface area contributed by atoms with E-state index in [-0.39, 0.29) is 15.2 Å². The number of aryl methyl sites for hydroxylation is 1. The molecule has 5 nitrogen and oxygen atoms in total. The first kappa shape index (κ1) is 12.0. The molecular formula is C10H11N3O2S2. The molecule has 0 saturated carbocycles. The molecule has 0 unspecified atom stereocenters. The average molecular weight is 269 g/mol. The third-order valence-electron chi connectivity index (χ3n) is 2.19. The summed E-state index contributed by atoms with van der Waals surface area (Å²) in [5, 5.41) is 7.23. The Morgan fingerprint density at radius 2 is 1.88 bits per heavy atom. The van der Waals surface area contributed by atoms with Gasteiger partial charge < -0.3 is 5.73 Å². The molecule has 0 amide bonds. The Labute approximate surface area is 103 Å². The van der Waals surface area contributed by atoms with E-state index in [0.29, 0.717) is 6.42 Å². The van der Waals surface area contributed by atoms with Gasteiger partial charge in [-0.25, -0.2) is 8.42 Å². The molecule has 0 fully saturated rings. The van der Waals surface area contributed by atoms with Crippen molar-refractivity contribution in [1.29, 1.82) is 0 Å². The monoisotopic (exact) mass is 269 g/mol. The van der Waals surface area contributed by atoms with Crippen LogP contribution in [0.5, 0.6) is 0 Å². The summed E-state index contributed by atoms with van der Waals surface area (Å²) in [5.74, 6) is 0.0195. The highest BCUT2D eigenvalue weighted by Crippen LogP contribution is 2.19. The Hall–Kier alpha value is -1.47. The van der Waals surface area contributed by atoms with Crippen LogP contribution in [0.1, 0.15) is 5.56 Å². The Bertz CT molecular complexity index is 593. The summed E-state index contributed by atoms with van der Waals surface area (Å²) >= 11 is 0.897. The van der Waals surface area contributed by atoms with Crippen molar-refractivity contribution in [3.63, 3.8) is 0 Å². The van der Waals surface area contributed by atoms with Gasteiger partial charge in [0.15, 0.2) is 0 Å². The SMILES string of the molecule is Nc1nnc(S(=O)(=O)CCc2ccccc2)s1. The molecule has 0 atom stereocenters. The smallest absolute Gasteiger partial charge is 0.234 e. The normalized spacial score (nSPS) is 11.5. The van der Waals surface area contributed by atoms with Gasteiger partial charge in [-0.1, -0.05) is 41.7 Å². The number of hydrogen-bond donors (Lipinski definition) is 1. The Balaban J connectivity index is 2.09. The van der Waals surface area contributed by atoms with E-state index < -0.39 is 9.84 Å². The first-order valence-corrected chi connectivity index (χ1v) is 7.40. The zero-order chi connectivity index (χ0) is 12.3. The fourth-order valence-electron chi connectivity index (χ4n) is 1.33. The largest absolute Gasteiger partial charge is 0.374 e. The summed E-state index contributed by atoms with van der Waals surface area (Å²) in [6.07, 6.45) is 0.461. The number of sulfone groups is 1. The van der Waals surface area contributed by atoms with Crippen LogP contribution in [0.3, 0.4) is 0 Å². The van der Waals surface area contributed by atoms with Crippen LogP contribution in [0.15, 0.2) is 34.7 Å². The Morgan fingerprint density at radius 3 is 2.47 bits per heavy atom. The van der Waals surface area contributed by atoms with Crippen LogP contribution >= 0.6 is 11.3 Å². The highest BCUT2D eigenvalue weighted by molar-refractivity contribution is 7.93. The second-order valence-electron chi connectivity index (χ2n) is 3.46. The third-order valence-corrected chi connectivity index (χ3v) is 5.10. The van der Waals surface area contributed by atoms with Crippen molar-refractivity contribution in [2.45, 2.75) is 10.8 Å². The number of anilines is 1. The number of benzene rings is 1. The summed E-state index contributed by atoms with van der Waals surface area (Å²) in [4.78, 5) is 0. The lowest BCUT2D eigenvalue weighted by atomic mass is 10.2. The highest BCUT2D eigenvalue weighted by atomic mass is 32.2. The van der Waals surface area contributed by atoms with Gasteiger partial charge in [-0.05, 0) is 12.0 Å². The van der Waals surface area contributed by atoms with Gasteiger partial charge in [-0.3, -0.25) is 0 Å². The van der Waals surface area contributed by atoms with E-state index in [2.05, 4.69) is 10.2 Å². The molecule has 1 aromatic carbocycles. The summed E-state index contributed by atoms with van der Waals surface area (Å²) in [5.41, 5.74) is 6.34. The van der Waals surface area contributed by atoms with Crippen LogP contribution in [0.2, 0.25) is 0 Å². The van der Waals surface area contributed by atoms with Crippen molar-refractivity contribution < 1.29 is 8.42 Å². The van der Waals surface area contributed by atoms with Crippen LogP contribution in [0.4, 0.5) is 5.13 Å². The summed E-state index contributed by atoms with van der Waals surface area (Å²) < 4.78 is 23.7. The third kappa shape index (κ3) is 3.01.